The van der Waals surface area contributed by atoms with E-state index in [1.165, 1.54) is 11.0 Å². The van der Waals surface area contributed by atoms with Crippen LogP contribution in [0.5, 0.6) is 5.75 Å². The van der Waals surface area contributed by atoms with Gasteiger partial charge in [-0.05, 0) is 57.2 Å². The van der Waals surface area contributed by atoms with E-state index in [2.05, 4.69) is 36.8 Å². The van der Waals surface area contributed by atoms with Crippen LogP contribution in [0.15, 0.2) is 23.3 Å². The van der Waals surface area contributed by atoms with Crippen molar-refractivity contribution in [2.45, 2.75) is 39.5 Å². The maximum atomic E-state index is 14.7. The number of anilines is 4. The molecule has 17 nitrogen and oxygen atoms in total. The number of halogens is 2. The standard InChI is InChI=1S/C19H15FN2O4.C7H12ClN5.C3H8NO5P/c1-2-7-21-15-9-14(13(20)8-16(15)26-10-17(21)23)22-18(24)11-5-3-4-6-12(11)19(22)25;1-3-9-6-11-5(8)12-7(13-6)10-4-2;5-3(6)1-4-2-10(7,8)9/h1,8-9H,3-7,10H2;3-4H2,1-2H3,(H2,9,10,11,12,13);4H,1-2H2,(H,5,6)(H2,7,8,9). The molecule has 3 heterocycles. The minimum absolute atomic E-state index is 0.0170. The number of rotatable bonds is 10. The van der Waals surface area contributed by atoms with Gasteiger partial charge in [-0.15, -0.1) is 6.42 Å². The molecule has 2 aromatic rings. The first-order valence-corrected chi connectivity index (χ1v) is 17.1. The highest BCUT2D eigenvalue weighted by Crippen LogP contribution is 2.41. The van der Waals surface area contributed by atoms with Crippen molar-refractivity contribution in [1.82, 2.24) is 20.3 Å². The highest BCUT2D eigenvalue weighted by molar-refractivity contribution is 7.51. The highest BCUT2D eigenvalue weighted by atomic mass is 35.5. The van der Waals surface area contributed by atoms with Crippen LogP contribution < -0.4 is 30.5 Å². The van der Waals surface area contributed by atoms with Gasteiger partial charge >= 0.3 is 13.6 Å². The molecule has 2 aliphatic heterocycles. The van der Waals surface area contributed by atoms with E-state index in [0.29, 0.717) is 35.9 Å². The van der Waals surface area contributed by atoms with Crippen LogP contribution in [0.2, 0.25) is 5.28 Å². The molecule has 0 radical (unpaired) electrons. The highest BCUT2D eigenvalue weighted by Gasteiger charge is 2.41. The summed E-state index contributed by atoms with van der Waals surface area (Å²) in [4.78, 5) is 77.6. The van der Waals surface area contributed by atoms with E-state index in [1.807, 2.05) is 13.8 Å². The van der Waals surface area contributed by atoms with Crippen molar-refractivity contribution in [3.63, 3.8) is 0 Å². The summed E-state index contributed by atoms with van der Waals surface area (Å²) in [5, 5.41) is 16.2. The molecule has 0 fully saturated rings. The van der Waals surface area contributed by atoms with Crippen LogP contribution in [0.25, 0.3) is 0 Å². The molecule has 20 heteroatoms. The number of hydrogen-bond acceptors (Lipinski definition) is 12. The predicted octanol–water partition coefficient (Wildman–Crippen LogP) is 2.11. The number of carbonyl (C=O) groups is 4. The quantitative estimate of drug-likeness (QED) is 0.117. The molecule has 49 heavy (non-hydrogen) atoms. The summed E-state index contributed by atoms with van der Waals surface area (Å²) in [5.74, 6) is 0.258. The number of carbonyl (C=O) groups excluding carboxylic acids is 3. The first-order chi connectivity index (χ1) is 23.2. The first-order valence-electron chi connectivity index (χ1n) is 14.9. The normalized spacial score (nSPS) is 15.2. The number of aliphatic carboxylic acids is 1. The summed E-state index contributed by atoms with van der Waals surface area (Å²) < 4.78 is 30.0. The molecule has 0 bridgehead atoms. The van der Waals surface area contributed by atoms with Crippen molar-refractivity contribution in [3.8, 4) is 18.1 Å². The zero-order valence-corrected chi connectivity index (χ0v) is 28.2. The molecule has 0 saturated heterocycles. The molecule has 1 aliphatic carbocycles. The number of fused-ring (bicyclic) bond motifs is 1. The van der Waals surface area contributed by atoms with Gasteiger partial charge in [0, 0.05) is 30.3 Å². The predicted molar refractivity (Wildman–Crippen MR) is 177 cm³/mol. The van der Waals surface area contributed by atoms with Crippen LogP contribution in [0.3, 0.4) is 0 Å². The van der Waals surface area contributed by atoms with Gasteiger partial charge < -0.3 is 30.3 Å². The molecule has 3 amide bonds. The number of ether oxygens (including phenoxy) is 1. The molecule has 5 rings (SSSR count). The topological polar surface area (TPSA) is 237 Å². The number of nitrogens with zero attached hydrogens (tertiary/aromatic N) is 5. The summed E-state index contributed by atoms with van der Waals surface area (Å²) in [7, 11) is -4.10. The monoisotopic (exact) mass is 724 g/mol. The third kappa shape index (κ3) is 10.7. The van der Waals surface area contributed by atoms with Crippen molar-refractivity contribution >= 4 is 66.2 Å². The Morgan fingerprint density at radius 3 is 2.10 bits per heavy atom. The molecule has 1 aromatic carbocycles. The summed E-state index contributed by atoms with van der Waals surface area (Å²) in [6, 6.07) is 2.37. The third-order valence-corrected chi connectivity index (χ3v) is 7.53. The maximum Gasteiger partial charge on any atom is 0.339 e. The minimum atomic E-state index is -4.10. The third-order valence-electron chi connectivity index (χ3n) is 6.72. The Bertz CT molecular complexity index is 1660. The number of benzene rings is 1. The molecule has 0 spiro atoms. The molecular formula is C29H35ClFN8O9P. The number of carboxylic acids is 1. The lowest BCUT2D eigenvalue weighted by Crippen LogP contribution is -2.39. The second-order valence-electron chi connectivity index (χ2n) is 10.3. The number of aromatic nitrogens is 3. The Labute approximate surface area is 285 Å². The lowest BCUT2D eigenvalue weighted by atomic mass is 9.93. The lowest BCUT2D eigenvalue weighted by molar-refractivity contribution is -0.136. The van der Waals surface area contributed by atoms with Gasteiger partial charge in [0.15, 0.2) is 12.4 Å². The summed E-state index contributed by atoms with van der Waals surface area (Å²) >= 11 is 5.68. The number of imide groups is 1. The molecular weight excluding hydrogens is 690 g/mol. The van der Waals surface area contributed by atoms with Crippen LogP contribution in [-0.2, 0) is 23.7 Å². The zero-order chi connectivity index (χ0) is 36.3. The Morgan fingerprint density at radius 2 is 1.61 bits per heavy atom. The van der Waals surface area contributed by atoms with Gasteiger partial charge in [0.2, 0.25) is 17.2 Å². The molecule has 264 valence electrons. The largest absolute Gasteiger partial charge is 0.481 e. The van der Waals surface area contributed by atoms with Crippen molar-refractivity contribution in [3.05, 3.63) is 34.4 Å². The maximum absolute atomic E-state index is 14.7. The first kappa shape index (κ1) is 38.8. The molecule has 0 saturated carbocycles. The Kier molecular flexibility index (Phi) is 14.0. The van der Waals surface area contributed by atoms with Gasteiger partial charge in [-0.25, -0.2) is 9.29 Å². The fourth-order valence-corrected chi connectivity index (χ4v) is 5.30. The second kappa shape index (κ2) is 17.7. The molecule has 6 N–H and O–H groups in total. The number of amides is 3. The van der Waals surface area contributed by atoms with Gasteiger partial charge in [0.1, 0.15) is 5.75 Å². The molecule has 1 aromatic heterocycles. The van der Waals surface area contributed by atoms with Crippen LogP contribution in [0, 0.1) is 18.2 Å². The molecule has 0 atom stereocenters. The van der Waals surface area contributed by atoms with Crippen LogP contribution in [0.4, 0.5) is 27.7 Å². The molecule has 0 unspecified atom stereocenters. The van der Waals surface area contributed by atoms with Gasteiger partial charge in [-0.3, -0.25) is 34.0 Å². The van der Waals surface area contributed by atoms with E-state index in [4.69, 9.17) is 37.7 Å². The van der Waals surface area contributed by atoms with E-state index in [0.717, 1.165) is 36.9 Å². The van der Waals surface area contributed by atoms with Crippen LogP contribution in [0.1, 0.15) is 39.5 Å². The van der Waals surface area contributed by atoms with Crippen molar-refractivity contribution in [2.75, 3.05) is 59.5 Å². The summed E-state index contributed by atoms with van der Waals surface area (Å²) in [6.07, 6.45) is 7.41. The van der Waals surface area contributed by atoms with E-state index in [9.17, 15) is 28.1 Å². The van der Waals surface area contributed by atoms with E-state index in [1.54, 1.807) is 0 Å². The van der Waals surface area contributed by atoms with Crippen molar-refractivity contribution in [2.24, 2.45) is 0 Å². The number of hydrogen-bond donors (Lipinski definition) is 6. The van der Waals surface area contributed by atoms with Crippen LogP contribution in [-0.4, -0.2) is 92.6 Å². The fourth-order valence-electron chi connectivity index (χ4n) is 4.74. The summed E-state index contributed by atoms with van der Waals surface area (Å²) in [5.41, 5.74) is 0.992. The second-order valence-corrected chi connectivity index (χ2v) is 12.3. The Balaban J connectivity index is 0.000000236. The van der Waals surface area contributed by atoms with E-state index < -0.39 is 44.0 Å². The average Bonchev–Trinajstić information content (AvgIpc) is 3.27. The lowest BCUT2D eigenvalue weighted by Gasteiger charge is -2.29. The summed E-state index contributed by atoms with van der Waals surface area (Å²) in [6.45, 7) is 4.74. The van der Waals surface area contributed by atoms with Crippen molar-refractivity contribution in [1.29, 1.82) is 0 Å². The van der Waals surface area contributed by atoms with Crippen LogP contribution >= 0.6 is 19.2 Å². The smallest absolute Gasteiger partial charge is 0.339 e. The van der Waals surface area contributed by atoms with Crippen molar-refractivity contribution < 1.29 is 47.8 Å². The van der Waals surface area contributed by atoms with Gasteiger partial charge in [0.05, 0.1) is 30.8 Å². The fraction of sp³-hybridized carbons (Fsp3) is 0.414. The number of carboxylic acid groups (broad SMARTS) is 1. The van der Waals surface area contributed by atoms with Gasteiger partial charge in [-0.1, -0.05) is 5.92 Å². The van der Waals surface area contributed by atoms with Gasteiger partial charge in [-0.2, -0.15) is 15.0 Å². The minimum Gasteiger partial charge on any atom is -0.481 e. The molecule has 3 aliphatic rings. The van der Waals surface area contributed by atoms with E-state index in [-0.39, 0.29) is 41.5 Å². The number of nitrogens with one attached hydrogen (secondary N) is 3. The van der Waals surface area contributed by atoms with Gasteiger partial charge in [0.25, 0.3) is 17.7 Å². The zero-order valence-electron chi connectivity index (χ0n) is 26.5. The Hall–Kier alpha value is -4.66. The number of terminal acetylenes is 1. The Morgan fingerprint density at radius 1 is 1.04 bits per heavy atom. The van der Waals surface area contributed by atoms with E-state index >= 15 is 0 Å². The SMILES string of the molecule is C#CCN1C(=O)COc2cc(F)c(N3C(=O)C4=C(CCCC4)C3=O)cc21.CCNc1nc(Cl)nc(NCC)n1.O=C(O)CNCP(=O)(O)O. The average molecular weight is 725 g/mol.